The van der Waals surface area contributed by atoms with E-state index in [0.717, 1.165) is 5.56 Å². The molecule has 3 aliphatic rings. The lowest BCUT2D eigenvalue weighted by Crippen LogP contribution is -2.63. The summed E-state index contributed by atoms with van der Waals surface area (Å²) in [5.74, 6) is -0.864. The number of hydrogen-bond donors (Lipinski definition) is 5. The summed E-state index contributed by atoms with van der Waals surface area (Å²) in [6.45, 7) is 2.67. The summed E-state index contributed by atoms with van der Waals surface area (Å²) >= 11 is 0. The van der Waals surface area contributed by atoms with Gasteiger partial charge in [0.15, 0.2) is 18.4 Å². The molecular formula is C22H32O11. The molecule has 1 aromatic rings. The van der Waals surface area contributed by atoms with Gasteiger partial charge in [0, 0.05) is 5.56 Å². The van der Waals surface area contributed by atoms with Crippen LogP contribution in [-0.2, 0) is 28.4 Å². The average Bonchev–Trinajstić information content (AvgIpc) is 3.19. The van der Waals surface area contributed by atoms with Gasteiger partial charge >= 0.3 is 0 Å². The van der Waals surface area contributed by atoms with Gasteiger partial charge in [0.1, 0.15) is 48.8 Å². The van der Waals surface area contributed by atoms with Crippen LogP contribution in [0.15, 0.2) is 30.3 Å². The van der Waals surface area contributed by atoms with Crippen LogP contribution in [0.4, 0.5) is 0 Å². The van der Waals surface area contributed by atoms with Crippen LogP contribution < -0.4 is 0 Å². The second-order valence-electron chi connectivity index (χ2n) is 8.87. The molecule has 0 amide bonds. The van der Waals surface area contributed by atoms with E-state index in [4.69, 9.17) is 28.4 Å². The third-order valence-corrected chi connectivity index (χ3v) is 6.06. The van der Waals surface area contributed by atoms with Gasteiger partial charge in [-0.3, -0.25) is 0 Å². The molecule has 10 atom stereocenters. The molecule has 5 N–H and O–H groups in total. The van der Waals surface area contributed by atoms with Gasteiger partial charge in [-0.05, 0) is 13.8 Å². The summed E-state index contributed by atoms with van der Waals surface area (Å²) in [6.07, 6.45) is -11.5. The van der Waals surface area contributed by atoms with Crippen molar-refractivity contribution in [1.29, 1.82) is 0 Å². The van der Waals surface area contributed by atoms with Gasteiger partial charge in [0.2, 0.25) is 0 Å². The fraction of sp³-hybridized carbons (Fsp3) is 0.727. The summed E-state index contributed by atoms with van der Waals surface area (Å²) < 4.78 is 35.3. The Balaban J connectivity index is 1.59. The van der Waals surface area contributed by atoms with Gasteiger partial charge in [-0.25, -0.2) is 0 Å². The monoisotopic (exact) mass is 472 g/mol. The predicted molar refractivity (Wildman–Crippen MR) is 110 cm³/mol. The minimum absolute atomic E-state index is 0.186. The molecule has 0 aromatic heterocycles. The second-order valence-corrected chi connectivity index (χ2v) is 8.87. The van der Waals surface area contributed by atoms with E-state index in [9.17, 15) is 25.5 Å². The fourth-order valence-electron chi connectivity index (χ4n) is 4.29. The summed E-state index contributed by atoms with van der Waals surface area (Å²) in [7, 11) is 0. The van der Waals surface area contributed by atoms with Crippen molar-refractivity contribution in [3.63, 3.8) is 0 Å². The number of rotatable bonds is 6. The molecule has 1 unspecified atom stereocenters. The molecule has 3 fully saturated rings. The first-order valence-electron chi connectivity index (χ1n) is 11.0. The van der Waals surface area contributed by atoms with Crippen LogP contribution >= 0.6 is 0 Å². The van der Waals surface area contributed by atoms with Crippen molar-refractivity contribution in [3.8, 4) is 0 Å². The van der Waals surface area contributed by atoms with Crippen LogP contribution in [0.2, 0.25) is 0 Å². The van der Waals surface area contributed by atoms with Crippen LogP contribution in [-0.4, -0.2) is 106 Å². The molecule has 0 aliphatic carbocycles. The Hall–Kier alpha value is -1.22. The van der Waals surface area contributed by atoms with E-state index in [-0.39, 0.29) is 6.61 Å². The zero-order valence-corrected chi connectivity index (χ0v) is 18.5. The van der Waals surface area contributed by atoms with E-state index >= 15 is 0 Å². The van der Waals surface area contributed by atoms with E-state index in [1.165, 1.54) is 0 Å². The van der Waals surface area contributed by atoms with Crippen molar-refractivity contribution in [2.45, 2.75) is 81.0 Å². The Morgan fingerprint density at radius 1 is 0.909 bits per heavy atom. The number of hydrogen-bond acceptors (Lipinski definition) is 11. The lowest BCUT2D eigenvalue weighted by molar-refractivity contribution is -0.369. The Morgan fingerprint density at radius 2 is 1.61 bits per heavy atom. The summed E-state index contributed by atoms with van der Waals surface area (Å²) in [4.78, 5) is 0. The maximum atomic E-state index is 10.4. The number of aliphatic hydroxyl groups is 5. The lowest BCUT2D eigenvalue weighted by Gasteiger charge is -2.46. The molecule has 0 spiro atoms. The van der Waals surface area contributed by atoms with E-state index in [0.29, 0.717) is 0 Å². The van der Waals surface area contributed by atoms with Crippen molar-refractivity contribution in [2.24, 2.45) is 0 Å². The largest absolute Gasteiger partial charge is 0.394 e. The van der Waals surface area contributed by atoms with Crippen LogP contribution in [0.1, 0.15) is 25.7 Å². The Kier molecular flexibility index (Phi) is 7.68. The predicted octanol–water partition coefficient (Wildman–Crippen LogP) is -1.20. The molecule has 0 radical (unpaired) electrons. The maximum Gasteiger partial charge on any atom is 0.187 e. The standard InChI is InChI=1S/C22H32O11/c1-22(2)28-10-14(33-22)19-18(32-21-17(27)16(26)15(25)12(8-23)29-21)13(9-24)30-20(31-19)11-6-4-3-5-7-11/h3-7,12-21,23-27H,8-10H2,1-2H3/t12-,13+,14-,15-,16+,17-,18-,19-,20?,21+/m1/s1. The maximum absolute atomic E-state index is 10.4. The highest BCUT2D eigenvalue weighted by atomic mass is 16.8. The first-order chi connectivity index (χ1) is 15.7. The Bertz CT molecular complexity index is 760. The lowest BCUT2D eigenvalue weighted by atomic mass is 9.98. The van der Waals surface area contributed by atoms with E-state index in [1.807, 2.05) is 30.3 Å². The zero-order chi connectivity index (χ0) is 23.8. The topological polar surface area (TPSA) is 157 Å². The Morgan fingerprint density at radius 3 is 2.21 bits per heavy atom. The van der Waals surface area contributed by atoms with Gasteiger partial charge in [-0.1, -0.05) is 30.3 Å². The van der Waals surface area contributed by atoms with Crippen LogP contribution in [0.25, 0.3) is 0 Å². The van der Waals surface area contributed by atoms with Gasteiger partial charge in [-0.2, -0.15) is 0 Å². The number of aliphatic hydroxyl groups excluding tert-OH is 5. The highest BCUT2D eigenvalue weighted by molar-refractivity contribution is 5.17. The van der Waals surface area contributed by atoms with Crippen LogP contribution in [0, 0.1) is 0 Å². The fourth-order valence-corrected chi connectivity index (χ4v) is 4.29. The van der Waals surface area contributed by atoms with Gasteiger partial charge in [0.05, 0.1) is 19.8 Å². The summed E-state index contributed by atoms with van der Waals surface area (Å²) in [5.41, 5.74) is 0.727. The SMILES string of the molecule is CC1(C)OC[C@H]([C@H]2OC(c3ccccc3)O[C@@H](CO)[C@H]2O[C@@H]2O[C@H](CO)[C@@H](O)[C@H](O)[C@H]2O)O1. The van der Waals surface area contributed by atoms with Crippen molar-refractivity contribution in [2.75, 3.05) is 19.8 Å². The van der Waals surface area contributed by atoms with Crippen LogP contribution in [0.5, 0.6) is 0 Å². The van der Waals surface area contributed by atoms with Crippen molar-refractivity contribution in [3.05, 3.63) is 35.9 Å². The molecular weight excluding hydrogens is 440 g/mol. The average molecular weight is 472 g/mol. The molecule has 11 heteroatoms. The number of ether oxygens (including phenoxy) is 6. The van der Waals surface area contributed by atoms with Crippen molar-refractivity contribution < 1.29 is 54.0 Å². The minimum atomic E-state index is -1.62. The van der Waals surface area contributed by atoms with Crippen molar-refractivity contribution in [1.82, 2.24) is 0 Å². The molecule has 4 rings (SSSR count). The molecule has 0 saturated carbocycles. The molecule has 186 valence electrons. The minimum Gasteiger partial charge on any atom is -0.394 e. The third-order valence-electron chi connectivity index (χ3n) is 6.06. The molecule has 3 heterocycles. The Labute approximate surface area is 191 Å². The second kappa shape index (κ2) is 10.2. The highest BCUT2D eigenvalue weighted by Gasteiger charge is 2.52. The molecule has 33 heavy (non-hydrogen) atoms. The van der Waals surface area contributed by atoms with Gasteiger partial charge < -0.3 is 54.0 Å². The molecule has 3 aliphatic heterocycles. The van der Waals surface area contributed by atoms with E-state index < -0.39 is 80.4 Å². The van der Waals surface area contributed by atoms with Gasteiger partial charge in [0.25, 0.3) is 0 Å². The molecule has 3 saturated heterocycles. The van der Waals surface area contributed by atoms with Crippen LogP contribution in [0.3, 0.4) is 0 Å². The quantitative estimate of drug-likeness (QED) is 0.339. The highest BCUT2D eigenvalue weighted by Crippen LogP contribution is 2.38. The summed E-state index contributed by atoms with van der Waals surface area (Å²) in [6, 6.07) is 9.17. The third kappa shape index (κ3) is 5.24. The van der Waals surface area contributed by atoms with E-state index in [2.05, 4.69) is 0 Å². The zero-order valence-electron chi connectivity index (χ0n) is 18.5. The number of benzene rings is 1. The normalized spacial score (nSPS) is 43.5. The summed E-state index contributed by atoms with van der Waals surface area (Å²) in [5, 5.41) is 50.2. The smallest absolute Gasteiger partial charge is 0.187 e. The van der Waals surface area contributed by atoms with Gasteiger partial charge in [-0.15, -0.1) is 0 Å². The first-order valence-corrected chi connectivity index (χ1v) is 11.0. The van der Waals surface area contributed by atoms with E-state index in [1.54, 1.807) is 13.8 Å². The molecule has 1 aromatic carbocycles. The molecule has 11 nitrogen and oxygen atoms in total. The van der Waals surface area contributed by atoms with Crippen molar-refractivity contribution >= 4 is 0 Å². The first kappa shape index (κ1) is 24.9. The molecule has 0 bridgehead atoms.